The van der Waals surface area contributed by atoms with Crippen LogP contribution in [0.1, 0.15) is 23.6 Å². The van der Waals surface area contributed by atoms with Crippen LogP contribution in [0.15, 0.2) is 18.3 Å². The molecule has 1 atom stereocenters. The number of benzene rings is 1. The number of halogens is 2. The molecular formula is C12H10ClIN2. The molecule has 16 heavy (non-hydrogen) atoms. The topological polar surface area (TPSA) is 38.9 Å². The molecule has 0 fully saturated rings. The molecule has 2 aromatic rings. The number of aromatic nitrogens is 1. The smallest absolute Gasteiger partial charge is 0.129 e. The van der Waals surface area contributed by atoms with Gasteiger partial charge in [-0.3, -0.25) is 0 Å². The van der Waals surface area contributed by atoms with Crippen molar-refractivity contribution >= 4 is 45.0 Å². The first-order valence-electron chi connectivity index (χ1n) is 5.19. The SMILES string of the molecule is NC1CCc2c1cc(I)c1cc(Cl)ncc21. The molecule has 1 unspecified atom stereocenters. The van der Waals surface area contributed by atoms with Crippen molar-refractivity contribution in [2.45, 2.75) is 18.9 Å². The molecule has 1 aliphatic rings. The Labute approximate surface area is 112 Å². The molecule has 4 heteroatoms. The molecule has 3 rings (SSSR count). The summed E-state index contributed by atoms with van der Waals surface area (Å²) in [5.41, 5.74) is 8.72. The summed E-state index contributed by atoms with van der Waals surface area (Å²) in [6.07, 6.45) is 3.96. The second-order valence-electron chi connectivity index (χ2n) is 4.12. The highest BCUT2D eigenvalue weighted by Crippen LogP contribution is 2.37. The minimum absolute atomic E-state index is 0.184. The molecule has 1 aliphatic carbocycles. The van der Waals surface area contributed by atoms with Gasteiger partial charge in [-0.2, -0.15) is 0 Å². The predicted molar refractivity (Wildman–Crippen MR) is 74.7 cm³/mol. The van der Waals surface area contributed by atoms with Gasteiger partial charge >= 0.3 is 0 Å². The highest BCUT2D eigenvalue weighted by atomic mass is 127. The van der Waals surface area contributed by atoms with Crippen LogP contribution in [0, 0.1) is 3.57 Å². The van der Waals surface area contributed by atoms with Gasteiger partial charge in [-0.15, -0.1) is 0 Å². The molecule has 2 nitrogen and oxygen atoms in total. The third kappa shape index (κ3) is 1.53. The van der Waals surface area contributed by atoms with Gasteiger partial charge in [0.05, 0.1) is 0 Å². The first-order chi connectivity index (χ1) is 7.66. The largest absolute Gasteiger partial charge is 0.324 e. The molecule has 0 saturated carbocycles. The third-order valence-corrected chi connectivity index (χ3v) is 4.29. The first kappa shape index (κ1) is 10.7. The fourth-order valence-electron chi connectivity index (χ4n) is 2.39. The number of pyridine rings is 1. The van der Waals surface area contributed by atoms with E-state index in [0.717, 1.165) is 12.8 Å². The molecule has 1 heterocycles. The van der Waals surface area contributed by atoms with E-state index >= 15 is 0 Å². The molecule has 0 aliphatic heterocycles. The number of nitrogens with two attached hydrogens (primary N) is 1. The fourth-order valence-corrected chi connectivity index (χ4v) is 3.33. The summed E-state index contributed by atoms with van der Waals surface area (Å²) in [6, 6.07) is 4.30. The Morgan fingerprint density at radius 1 is 1.38 bits per heavy atom. The highest BCUT2D eigenvalue weighted by Gasteiger charge is 2.22. The Morgan fingerprint density at radius 3 is 3.00 bits per heavy atom. The number of hydrogen-bond donors (Lipinski definition) is 1. The molecular weight excluding hydrogens is 335 g/mol. The molecule has 0 saturated heterocycles. The molecule has 0 radical (unpaired) electrons. The van der Waals surface area contributed by atoms with Crippen molar-refractivity contribution in [1.82, 2.24) is 4.98 Å². The Kier molecular flexibility index (Phi) is 2.57. The van der Waals surface area contributed by atoms with E-state index in [1.807, 2.05) is 12.3 Å². The monoisotopic (exact) mass is 344 g/mol. The maximum absolute atomic E-state index is 6.09. The molecule has 82 valence electrons. The van der Waals surface area contributed by atoms with Crippen LogP contribution in [-0.4, -0.2) is 4.98 Å². The van der Waals surface area contributed by atoms with Crippen LogP contribution in [0.4, 0.5) is 0 Å². The number of nitrogens with zero attached hydrogens (tertiary/aromatic N) is 1. The molecule has 1 aromatic heterocycles. The predicted octanol–water partition coefficient (Wildman–Crippen LogP) is 3.44. The molecule has 1 aromatic carbocycles. The van der Waals surface area contributed by atoms with Gasteiger partial charge < -0.3 is 5.73 Å². The number of fused-ring (bicyclic) bond motifs is 3. The van der Waals surface area contributed by atoms with Gasteiger partial charge in [0.25, 0.3) is 0 Å². The van der Waals surface area contributed by atoms with E-state index in [-0.39, 0.29) is 6.04 Å². The Bertz CT molecular complexity index is 583. The Balaban J connectivity index is 2.41. The lowest BCUT2D eigenvalue weighted by Gasteiger charge is -2.09. The second kappa shape index (κ2) is 3.82. The van der Waals surface area contributed by atoms with Crippen LogP contribution in [0.2, 0.25) is 5.15 Å². The van der Waals surface area contributed by atoms with Gasteiger partial charge in [0.15, 0.2) is 0 Å². The minimum atomic E-state index is 0.184. The lowest BCUT2D eigenvalue weighted by Crippen LogP contribution is -2.05. The Hall–Kier alpha value is -0.390. The summed E-state index contributed by atoms with van der Waals surface area (Å²) in [5, 5.41) is 2.94. The van der Waals surface area contributed by atoms with Crippen LogP contribution in [0.3, 0.4) is 0 Å². The van der Waals surface area contributed by atoms with Crippen molar-refractivity contribution in [3.05, 3.63) is 38.2 Å². The third-order valence-electron chi connectivity index (χ3n) is 3.19. The fraction of sp³-hybridized carbons (Fsp3) is 0.250. The van der Waals surface area contributed by atoms with E-state index in [4.69, 9.17) is 17.3 Å². The normalized spacial score (nSPS) is 19.1. The lowest BCUT2D eigenvalue weighted by atomic mass is 10.0. The zero-order valence-electron chi connectivity index (χ0n) is 8.50. The van der Waals surface area contributed by atoms with Gasteiger partial charge in [-0.05, 0) is 64.1 Å². The van der Waals surface area contributed by atoms with Crippen LogP contribution in [0.5, 0.6) is 0 Å². The average Bonchev–Trinajstić information content (AvgIpc) is 2.61. The van der Waals surface area contributed by atoms with Gasteiger partial charge in [0.2, 0.25) is 0 Å². The number of aryl methyl sites for hydroxylation is 1. The van der Waals surface area contributed by atoms with Crippen molar-refractivity contribution in [2.75, 3.05) is 0 Å². The van der Waals surface area contributed by atoms with Gasteiger partial charge in [-0.1, -0.05) is 11.6 Å². The molecule has 0 spiro atoms. The standard InChI is InChI=1S/C12H10ClIN2/c13-12-4-7-9(5-16-12)6-1-2-11(15)8(6)3-10(7)14/h3-5,11H,1-2,15H2. The van der Waals surface area contributed by atoms with E-state index < -0.39 is 0 Å². The molecule has 0 bridgehead atoms. The second-order valence-corrected chi connectivity index (χ2v) is 5.67. The van der Waals surface area contributed by atoms with E-state index in [1.54, 1.807) is 0 Å². The highest BCUT2D eigenvalue weighted by molar-refractivity contribution is 14.1. The summed E-state index contributed by atoms with van der Waals surface area (Å²) >= 11 is 8.27. The zero-order valence-corrected chi connectivity index (χ0v) is 11.4. The summed E-state index contributed by atoms with van der Waals surface area (Å²) < 4.78 is 1.20. The molecule has 2 N–H and O–H groups in total. The quantitative estimate of drug-likeness (QED) is 0.587. The number of rotatable bonds is 0. The van der Waals surface area contributed by atoms with Crippen molar-refractivity contribution in [3.8, 4) is 0 Å². The van der Waals surface area contributed by atoms with Crippen LogP contribution in [-0.2, 0) is 6.42 Å². The van der Waals surface area contributed by atoms with Crippen molar-refractivity contribution in [3.63, 3.8) is 0 Å². The van der Waals surface area contributed by atoms with Gasteiger partial charge in [0, 0.05) is 21.2 Å². The summed E-state index contributed by atoms with van der Waals surface area (Å²) in [4.78, 5) is 4.17. The average molecular weight is 345 g/mol. The summed E-state index contributed by atoms with van der Waals surface area (Å²) in [6.45, 7) is 0. The van der Waals surface area contributed by atoms with E-state index in [9.17, 15) is 0 Å². The maximum Gasteiger partial charge on any atom is 0.129 e. The van der Waals surface area contributed by atoms with Crippen molar-refractivity contribution < 1.29 is 0 Å². The minimum Gasteiger partial charge on any atom is -0.324 e. The number of hydrogen-bond acceptors (Lipinski definition) is 2. The van der Waals surface area contributed by atoms with Crippen LogP contribution < -0.4 is 5.73 Å². The van der Waals surface area contributed by atoms with Gasteiger partial charge in [0.1, 0.15) is 5.15 Å². The Morgan fingerprint density at radius 2 is 2.19 bits per heavy atom. The van der Waals surface area contributed by atoms with Gasteiger partial charge in [-0.25, -0.2) is 4.98 Å². The summed E-state index contributed by atoms with van der Waals surface area (Å²) in [7, 11) is 0. The van der Waals surface area contributed by atoms with Crippen LogP contribution >= 0.6 is 34.2 Å². The van der Waals surface area contributed by atoms with Crippen LogP contribution in [0.25, 0.3) is 10.8 Å². The lowest BCUT2D eigenvalue weighted by molar-refractivity contribution is 0.713. The van der Waals surface area contributed by atoms with E-state index in [0.29, 0.717) is 5.15 Å². The zero-order chi connectivity index (χ0) is 11.3. The first-order valence-corrected chi connectivity index (χ1v) is 6.64. The van der Waals surface area contributed by atoms with Crippen molar-refractivity contribution in [2.24, 2.45) is 5.73 Å². The molecule has 0 amide bonds. The van der Waals surface area contributed by atoms with Crippen molar-refractivity contribution in [1.29, 1.82) is 0 Å². The summed E-state index contributed by atoms with van der Waals surface area (Å²) in [5.74, 6) is 0. The maximum atomic E-state index is 6.09. The van der Waals surface area contributed by atoms with E-state index in [2.05, 4.69) is 33.6 Å². The van der Waals surface area contributed by atoms with E-state index in [1.165, 1.54) is 25.5 Å².